The van der Waals surface area contributed by atoms with E-state index in [2.05, 4.69) is 6.26 Å². The van der Waals surface area contributed by atoms with Gasteiger partial charge in [-0.05, 0) is 0 Å². The molecule has 0 rings (SSSR count). The van der Waals surface area contributed by atoms with Crippen LogP contribution in [0.1, 0.15) is 0 Å². The summed E-state index contributed by atoms with van der Waals surface area (Å²) in [5.74, 6) is 0. The van der Waals surface area contributed by atoms with Crippen molar-refractivity contribution in [2.24, 2.45) is 0 Å². The molecule has 0 saturated heterocycles. The maximum Gasteiger partial charge on any atom is 1.00 e. The van der Waals surface area contributed by atoms with Crippen LogP contribution < -0.4 is 18.9 Å². The number of hydrogen-bond acceptors (Lipinski definition) is 1. The fourth-order valence-electron chi connectivity index (χ4n) is 0. The summed E-state index contributed by atoms with van der Waals surface area (Å²) in [6.45, 7) is 0. The third kappa shape index (κ3) is 50.4. The molecule has 0 spiro atoms. The van der Waals surface area contributed by atoms with E-state index in [4.69, 9.17) is 0 Å². The minimum Gasteiger partial charge on any atom is -0.644 e. The minimum atomic E-state index is -0.861. The van der Waals surface area contributed by atoms with Crippen molar-refractivity contribution in [1.82, 2.24) is 0 Å². The molecule has 5 heavy (non-hydrogen) atoms. The Morgan fingerprint density at radius 1 is 1.80 bits per heavy atom. The number of hydrogen-bond donors (Lipinski definition) is 0. The molecule has 0 radical (unpaired) electrons. The van der Waals surface area contributed by atoms with Crippen molar-refractivity contribution < 1.29 is 23.4 Å². The normalized spacial score (nSPS) is 12.6. The Morgan fingerprint density at radius 2 is 1.80 bits per heavy atom. The summed E-state index contributed by atoms with van der Waals surface area (Å²) in [5, 5.41) is 0. The van der Waals surface area contributed by atoms with E-state index in [1.807, 2.05) is 0 Å². The molecule has 0 aliphatic carbocycles. The smallest absolute Gasteiger partial charge is 0.644 e. The van der Waals surface area contributed by atoms with Crippen LogP contribution in [-0.2, 0) is 11.2 Å². The second-order valence-corrected chi connectivity index (χ2v) is 1.72. The van der Waals surface area contributed by atoms with Gasteiger partial charge in [0.25, 0.3) is 0 Å². The van der Waals surface area contributed by atoms with Gasteiger partial charge in [-0.25, -0.2) is 11.2 Å². The van der Waals surface area contributed by atoms with Crippen LogP contribution in [-0.4, -0.2) is 10.8 Å². The Bertz CT molecular complexity index is 14.4. The predicted octanol–water partition coefficient (Wildman–Crippen LogP) is -2.84. The van der Waals surface area contributed by atoms with Gasteiger partial charge in [-0.1, -0.05) is 0 Å². The van der Waals surface area contributed by atoms with E-state index < -0.39 is 11.2 Å². The van der Waals surface area contributed by atoms with Crippen molar-refractivity contribution in [2.75, 3.05) is 6.26 Å². The molecule has 0 bridgehead atoms. The molecule has 3 heteroatoms. The van der Waals surface area contributed by atoms with E-state index in [-0.39, 0.29) is 18.9 Å². The molecule has 0 amide bonds. The third-order valence-corrected chi connectivity index (χ3v) is 0. The summed E-state index contributed by atoms with van der Waals surface area (Å²) in [4.78, 5) is 0. The van der Waals surface area contributed by atoms with Crippen LogP contribution >= 0.6 is 0 Å². The number of rotatable bonds is 0. The molecule has 0 aromatic rings. The fourth-order valence-corrected chi connectivity index (χ4v) is 0. The third-order valence-electron chi connectivity index (χ3n) is 0. The molecule has 1 atom stereocenters. The Hall–Kier alpha value is 0.907. The van der Waals surface area contributed by atoms with Gasteiger partial charge in [0.05, 0.1) is 6.26 Å². The van der Waals surface area contributed by atoms with Crippen molar-refractivity contribution in [1.29, 1.82) is 0 Å². The SMILES string of the molecule is [CH2-][S+](C)[O-].[Li+]. The average molecular weight is 84.1 g/mol. The molecule has 0 fully saturated rings. The molecule has 0 aliphatic rings. The second kappa shape index (κ2) is 4.91. The summed E-state index contributed by atoms with van der Waals surface area (Å²) < 4.78 is 9.44. The molecule has 0 N–H and O–H groups in total. The molecule has 26 valence electrons. The maximum atomic E-state index is 9.44. The first-order chi connectivity index (χ1) is 1.73. The summed E-state index contributed by atoms with van der Waals surface area (Å²) in [5.41, 5.74) is 0. The van der Waals surface area contributed by atoms with E-state index in [9.17, 15) is 4.55 Å². The van der Waals surface area contributed by atoms with E-state index in [0.717, 1.165) is 0 Å². The van der Waals surface area contributed by atoms with Crippen molar-refractivity contribution in [3.05, 3.63) is 6.26 Å². The van der Waals surface area contributed by atoms with Gasteiger partial charge in [-0.3, -0.25) is 0 Å². The van der Waals surface area contributed by atoms with Gasteiger partial charge in [0.2, 0.25) is 0 Å². The van der Waals surface area contributed by atoms with E-state index in [1.54, 1.807) is 0 Å². The zero-order valence-corrected chi connectivity index (χ0v) is 4.34. The first-order valence-corrected chi connectivity index (χ1v) is 2.59. The van der Waals surface area contributed by atoms with Crippen LogP contribution in [0.5, 0.6) is 0 Å². The average Bonchev–Trinajstić information content (AvgIpc) is 0.811. The fraction of sp³-hybridized carbons (Fsp3) is 0.500. The first-order valence-electron chi connectivity index (χ1n) is 0.864. The van der Waals surface area contributed by atoms with Gasteiger partial charge < -0.3 is 4.55 Å². The van der Waals surface area contributed by atoms with Gasteiger partial charge in [0.1, 0.15) is 0 Å². The molecular formula is C2H5LiOS. The molecule has 1 nitrogen and oxygen atoms in total. The topological polar surface area (TPSA) is 23.1 Å². The van der Waals surface area contributed by atoms with Crippen LogP contribution in [0.4, 0.5) is 0 Å². The van der Waals surface area contributed by atoms with Crippen LogP contribution in [0.25, 0.3) is 0 Å². The molecular weight excluding hydrogens is 79.0 g/mol. The first kappa shape index (κ1) is 9.32. The van der Waals surface area contributed by atoms with Gasteiger partial charge in [-0.15, -0.1) is 6.26 Å². The van der Waals surface area contributed by atoms with Gasteiger partial charge in [0, 0.05) is 0 Å². The van der Waals surface area contributed by atoms with Crippen LogP contribution in [0.3, 0.4) is 0 Å². The summed E-state index contributed by atoms with van der Waals surface area (Å²) in [6.07, 6.45) is 4.64. The molecule has 0 heterocycles. The predicted molar refractivity (Wildman–Crippen MR) is 19.4 cm³/mol. The largest absolute Gasteiger partial charge is 1.00 e. The molecule has 0 aliphatic heterocycles. The Morgan fingerprint density at radius 3 is 1.80 bits per heavy atom. The van der Waals surface area contributed by atoms with Crippen molar-refractivity contribution in [2.45, 2.75) is 0 Å². The van der Waals surface area contributed by atoms with E-state index in [1.165, 1.54) is 6.26 Å². The minimum absolute atomic E-state index is 0. The Balaban J connectivity index is 0. The summed E-state index contributed by atoms with van der Waals surface area (Å²) >= 11 is -0.861. The molecule has 0 aromatic heterocycles. The van der Waals surface area contributed by atoms with Crippen LogP contribution in [0.2, 0.25) is 0 Å². The Labute approximate surface area is 47.5 Å². The van der Waals surface area contributed by atoms with Crippen LogP contribution in [0.15, 0.2) is 0 Å². The van der Waals surface area contributed by atoms with Crippen LogP contribution in [0, 0.1) is 6.26 Å². The van der Waals surface area contributed by atoms with Gasteiger partial charge in [-0.2, -0.15) is 0 Å². The Kier molecular flexibility index (Phi) is 9.15. The molecule has 0 saturated carbocycles. The summed E-state index contributed by atoms with van der Waals surface area (Å²) in [7, 11) is 0. The zero-order chi connectivity index (χ0) is 3.58. The van der Waals surface area contributed by atoms with Crippen molar-refractivity contribution in [3.63, 3.8) is 0 Å². The molecule has 0 aromatic carbocycles. The van der Waals surface area contributed by atoms with Crippen molar-refractivity contribution >= 4 is 11.2 Å². The maximum absolute atomic E-state index is 9.44. The van der Waals surface area contributed by atoms with Crippen molar-refractivity contribution in [3.8, 4) is 0 Å². The van der Waals surface area contributed by atoms with Gasteiger partial charge >= 0.3 is 18.9 Å². The second-order valence-electron chi connectivity index (χ2n) is 0.573. The monoisotopic (exact) mass is 84.0 g/mol. The standard InChI is InChI=1S/C2H5OS.Li/c1-4(2)3;/h1H2,2H3;/q-1;+1. The quantitative estimate of drug-likeness (QED) is 0.176. The van der Waals surface area contributed by atoms with Gasteiger partial charge in [0.15, 0.2) is 0 Å². The summed E-state index contributed by atoms with van der Waals surface area (Å²) in [6, 6.07) is 0. The molecule has 1 unspecified atom stereocenters. The van der Waals surface area contributed by atoms with E-state index in [0.29, 0.717) is 0 Å². The zero-order valence-electron chi connectivity index (χ0n) is 3.52. The van der Waals surface area contributed by atoms with E-state index >= 15 is 0 Å².